The summed E-state index contributed by atoms with van der Waals surface area (Å²) < 4.78 is 5.37. The summed E-state index contributed by atoms with van der Waals surface area (Å²) in [6, 6.07) is 10.4. The lowest BCUT2D eigenvalue weighted by atomic mass is 9.99. The van der Waals surface area contributed by atoms with Gasteiger partial charge in [-0.25, -0.2) is 19.9 Å². The zero-order valence-corrected chi connectivity index (χ0v) is 23.0. The number of aromatic nitrogens is 4. The molecule has 1 fully saturated rings. The van der Waals surface area contributed by atoms with Crippen LogP contribution in [0.15, 0.2) is 61.2 Å². The topological polar surface area (TPSA) is 113 Å². The van der Waals surface area contributed by atoms with Crippen LogP contribution in [-0.4, -0.2) is 80.4 Å². The first-order chi connectivity index (χ1) is 18.9. The van der Waals surface area contributed by atoms with Gasteiger partial charge in [-0.2, -0.15) is 0 Å². The number of nitrogens with zero attached hydrogens (tertiary/aromatic N) is 6. The van der Waals surface area contributed by atoms with Crippen molar-refractivity contribution in [1.29, 1.82) is 0 Å². The molecule has 0 bridgehead atoms. The van der Waals surface area contributed by atoms with Crippen molar-refractivity contribution in [3.63, 3.8) is 0 Å². The van der Waals surface area contributed by atoms with Crippen LogP contribution in [0.4, 0.5) is 0 Å². The molecule has 10 heteroatoms. The van der Waals surface area contributed by atoms with Gasteiger partial charge < -0.3 is 15.0 Å². The summed E-state index contributed by atoms with van der Waals surface area (Å²) in [5.74, 6) is 0.905. The number of methoxy groups -OCH3 is 1. The van der Waals surface area contributed by atoms with Gasteiger partial charge in [0.05, 0.1) is 6.04 Å². The Morgan fingerprint density at radius 1 is 1.00 bits per heavy atom. The molecular weight excluding hydrogens is 494 g/mol. The predicted molar refractivity (Wildman–Crippen MR) is 147 cm³/mol. The number of benzene rings is 1. The largest absolute Gasteiger partial charge is 0.385 e. The quantitative estimate of drug-likeness (QED) is 0.425. The normalized spacial score (nSPS) is 18.6. The van der Waals surface area contributed by atoms with E-state index in [0.29, 0.717) is 44.3 Å². The summed E-state index contributed by atoms with van der Waals surface area (Å²) in [6.45, 7) is 7.60. The summed E-state index contributed by atoms with van der Waals surface area (Å²) in [5, 5.41) is 3.07. The molecule has 39 heavy (non-hydrogen) atoms. The summed E-state index contributed by atoms with van der Waals surface area (Å²) in [4.78, 5) is 48.4. The highest BCUT2D eigenvalue weighted by molar-refractivity contribution is 5.89. The number of amides is 2. The van der Waals surface area contributed by atoms with Gasteiger partial charge in [0.2, 0.25) is 11.8 Å². The fourth-order valence-corrected chi connectivity index (χ4v) is 4.97. The van der Waals surface area contributed by atoms with Crippen LogP contribution in [0.1, 0.15) is 44.6 Å². The summed E-state index contributed by atoms with van der Waals surface area (Å²) in [6.07, 6.45) is 7.54. The molecule has 0 radical (unpaired) electrons. The van der Waals surface area contributed by atoms with E-state index in [9.17, 15) is 9.59 Å². The second kappa shape index (κ2) is 13.3. The van der Waals surface area contributed by atoms with E-state index in [1.54, 1.807) is 48.9 Å². The summed E-state index contributed by atoms with van der Waals surface area (Å²) >= 11 is 0. The Kier molecular flexibility index (Phi) is 9.67. The van der Waals surface area contributed by atoms with Gasteiger partial charge in [0.1, 0.15) is 11.9 Å². The Morgan fingerprint density at radius 2 is 1.64 bits per heavy atom. The van der Waals surface area contributed by atoms with E-state index < -0.39 is 6.04 Å². The van der Waals surface area contributed by atoms with E-state index in [1.165, 1.54) is 0 Å². The molecule has 1 aliphatic heterocycles. The van der Waals surface area contributed by atoms with Crippen LogP contribution < -0.4 is 5.32 Å². The smallest absolute Gasteiger partial charge is 0.244 e. The van der Waals surface area contributed by atoms with Crippen molar-refractivity contribution in [2.75, 3.05) is 26.8 Å². The molecule has 1 saturated heterocycles. The maximum Gasteiger partial charge on any atom is 0.244 e. The van der Waals surface area contributed by atoms with Crippen LogP contribution in [0, 0.1) is 5.92 Å². The fraction of sp³-hybridized carbons (Fsp3) is 0.448. The SMILES string of the molecule is COCC[C@H](c1ncccn1)N1C[C@@H](C)N(C(=O)C(C)C)[C@@H](C(=O)NCc2ccc(-c3ncccn3)cc2)C1. The lowest BCUT2D eigenvalue weighted by Gasteiger charge is -2.47. The molecule has 1 aromatic carbocycles. The Balaban J connectivity index is 1.52. The van der Waals surface area contributed by atoms with Crippen LogP contribution in [0.3, 0.4) is 0 Å². The van der Waals surface area contributed by atoms with Crippen molar-refractivity contribution >= 4 is 11.8 Å². The number of rotatable bonds is 10. The van der Waals surface area contributed by atoms with E-state index in [1.807, 2.05) is 45.0 Å². The lowest BCUT2D eigenvalue weighted by Crippen LogP contribution is -2.65. The minimum Gasteiger partial charge on any atom is -0.385 e. The van der Waals surface area contributed by atoms with E-state index in [2.05, 4.69) is 30.2 Å². The third kappa shape index (κ3) is 7.01. The molecule has 1 N–H and O–H groups in total. The highest BCUT2D eigenvalue weighted by Crippen LogP contribution is 2.28. The van der Waals surface area contributed by atoms with Crippen LogP contribution >= 0.6 is 0 Å². The van der Waals surface area contributed by atoms with Crippen LogP contribution in [0.2, 0.25) is 0 Å². The second-order valence-electron chi connectivity index (χ2n) is 10.1. The zero-order valence-electron chi connectivity index (χ0n) is 23.0. The first-order valence-electron chi connectivity index (χ1n) is 13.3. The van der Waals surface area contributed by atoms with Crippen LogP contribution in [0.5, 0.6) is 0 Å². The van der Waals surface area contributed by atoms with Gasteiger partial charge in [0, 0.05) is 75.7 Å². The van der Waals surface area contributed by atoms with E-state index >= 15 is 0 Å². The van der Waals surface area contributed by atoms with Crippen molar-refractivity contribution in [2.24, 2.45) is 5.92 Å². The molecule has 2 amide bonds. The predicted octanol–water partition coefficient (Wildman–Crippen LogP) is 2.88. The number of nitrogens with one attached hydrogen (secondary N) is 1. The molecule has 1 aliphatic rings. The number of ether oxygens (including phenoxy) is 1. The lowest BCUT2D eigenvalue weighted by molar-refractivity contribution is -0.151. The maximum absolute atomic E-state index is 13.7. The third-order valence-electron chi connectivity index (χ3n) is 6.93. The van der Waals surface area contributed by atoms with Gasteiger partial charge in [-0.05, 0) is 31.0 Å². The monoisotopic (exact) mass is 531 g/mol. The summed E-state index contributed by atoms with van der Waals surface area (Å²) in [5.41, 5.74) is 1.85. The molecular formula is C29H37N7O3. The number of hydrogen-bond acceptors (Lipinski definition) is 8. The maximum atomic E-state index is 13.7. The van der Waals surface area contributed by atoms with Gasteiger partial charge in [-0.1, -0.05) is 38.1 Å². The van der Waals surface area contributed by atoms with Gasteiger partial charge in [-0.15, -0.1) is 0 Å². The van der Waals surface area contributed by atoms with Gasteiger partial charge in [0.25, 0.3) is 0 Å². The standard InChI is InChI=1S/C29H37N7O3/c1-20(2)29(38)36-21(3)18-35(24(11-16-39-4)27-32-14-6-15-33-27)19-25(36)28(37)34-17-22-7-9-23(10-8-22)26-30-12-5-13-31-26/h5-10,12-15,20-21,24-25H,11,16-19H2,1-4H3,(H,34,37)/t21-,24-,25-/m1/s1. The molecule has 10 nitrogen and oxygen atoms in total. The first-order valence-corrected chi connectivity index (χ1v) is 13.3. The highest BCUT2D eigenvalue weighted by Gasteiger charge is 2.42. The van der Waals surface area contributed by atoms with E-state index in [4.69, 9.17) is 4.74 Å². The van der Waals surface area contributed by atoms with Crippen molar-refractivity contribution in [2.45, 2.75) is 51.9 Å². The molecule has 0 aliphatic carbocycles. The zero-order chi connectivity index (χ0) is 27.8. The second-order valence-corrected chi connectivity index (χ2v) is 10.1. The van der Waals surface area contributed by atoms with Gasteiger partial charge >= 0.3 is 0 Å². The first kappa shape index (κ1) is 28.3. The molecule has 3 heterocycles. The molecule has 3 atom stereocenters. The number of hydrogen-bond donors (Lipinski definition) is 1. The highest BCUT2D eigenvalue weighted by atomic mass is 16.5. The molecule has 0 spiro atoms. The fourth-order valence-electron chi connectivity index (χ4n) is 4.97. The third-order valence-corrected chi connectivity index (χ3v) is 6.93. The minimum atomic E-state index is -0.644. The van der Waals surface area contributed by atoms with Crippen molar-refractivity contribution < 1.29 is 14.3 Å². The average molecular weight is 532 g/mol. The molecule has 3 aromatic rings. The van der Waals surface area contributed by atoms with Crippen LogP contribution in [-0.2, 0) is 20.9 Å². The average Bonchev–Trinajstić information content (AvgIpc) is 2.96. The van der Waals surface area contributed by atoms with Crippen molar-refractivity contribution in [1.82, 2.24) is 35.1 Å². The Labute approximate surface area is 229 Å². The Bertz CT molecular complexity index is 1210. The molecule has 0 saturated carbocycles. The Morgan fingerprint density at radius 3 is 2.26 bits per heavy atom. The van der Waals surface area contributed by atoms with Crippen molar-refractivity contribution in [3.8, 4) is 11.4 Å². The number of carbonyl (C=O) groups is 2. The number of carbonyl (C=O) groups excluding carboxylic acids is 2. The van der Waals surface area contributed by atoms with E-state index in [-0.39, 0.29) is 29.8 Å². The molecule has 2 aromatic heterocycles. The number of piperazine rings is 1. The van der Waals surface area contributed by atoms with Gasteiger partial charge in [0.15, 0.2) is 5.82 Å². The van der Waals surface area contributed by atoms with Gasteiger partial charge in [-0.3, -0.25) is 14.5 Å². The molecule has 206 valence electrons. The van der Waals surface area contributed by atoms with Crippen LogP contribution in [0.25, 0.3) is 11.4 Å². The summed E-state index contributed by atoms with van der Waals surface area (Å²) in [7, 11) is 1.67. The van der Waals surface area contributed by atoms with E-state index in [0.717, 1.165) is 11.1 Å². The molecule has 0 unspecified atom stereocenters. The minimum absolute atomic E-state index is 0.0288. The molecule has 4 rings (SSSR count). The Hall–Kier alpha value is -3.76. The van der Waals surface area contributed by atoms with Crippen molar-refractivity contribution in [3.05, 3.63) is 72.6 Å².